The lowest BCUT2D eigenvalue weighted by Gasteiger charge is -2.22. The Bertz CT molecular complexity index is 1870. The van der Waals surface area contributed by atoms with Crippen molar-refractivity contribution in [3.63, 3.8) is 0 Å². The highest BCUT2D eigenvalue weighted by Crippen LogP contribution is 2.36. The Balaban J connectivity index is 1.66. The van der Waals surface area contributed by atoms with E-state index in [1.54, 1.807) is 0 Å². The molecule has 4 aromatic carbocycles. The van der Waals surface area contributed by atoms with Gasteiger partial charge in [0.25, 0.3) is 0 Å². The van der Waals surface area contributed by atoms with Gasteiger partial charge in [0.2, 0.25) is 0 Å². The number of anilines is 6. The fourth-order valence-corrected chi connectivity index (χ4v) is 6.01. The molecule has 0 atom stereocenters. The molecule has 0 unspecified atom stereocenters. The Labute approximate surface area is 255 Å². The summed E-state index contributed by atoms with van der Waals surface area (Å²) in [5, 5.41) is 8.35. The minimum absolute atomic E-state index is 0.00381. The zero-order valence-electron chi connectivity index (χ0n) is 22.5. The minimum Gasteiger partial charge on any atom is -0.424 e. The van der Waals surface area contributed by atoms with Crippen molar-refractivity contribution in [3.8, 4) is 0 Å². The molecule has 0 bridgehead atoms. The average Bonchev–Trinajstić information content (AvgIpc) is 2.91. The van der Waals surface area contributed by atoms with Gasteiger partial charge in [-0.3, -0.25) is 0 Å². The molecule has 19 heteroatoms. The summed E-state index contributed by atoms with van der Waals surface area (Å²) < 4.78 is 166. The van der Waals surface area contributed by atoms with Gasteiger partial charge in [0.15, 0.2) is 10.0 Å². The predicted octanol–water partition coefficient (Wildman–Crippen LogP) is 8.87. The van der Waals surface area contributed by atoms with Gasteiger partial charge in [-0.1, -0.05) is 12.1 Å². The maximum atomic E-state index is 13.2. The van der Waals surface area contributed by atoms with E-state index < -0.39 is 53.9 Å². The molecule has 246 valence electrons. The van der Waals surface area contributed by atoms with Crippen molar-refractivity contribution in [2.24, 2.45) is 0 Å². The first-order chi connectivity index (χ1) is 21.1. The van der Waals surface area contributed by atoms with Gasteiger partial charge in [-0.25, -0.2) is 16.8 Å². The summed E-state index contributed by atoms with van der Waals surface area (Å²) >= 11 is 0. The third-order valence-corrected chi connectivity index (χ3v) is 8.84. The van der Waals surface area contributed by atoms with Gasteiger partial charge < -0.3 is 20.1 Å². The van der Waals surface area contributed by atoms with Gasteiger partial charge in [0, 0.05) is 39.0 Å². The van der Waals surface area contributed by atoms with E-state index in [4.69, 9.17) is 0 Å². The number of sulfonamides is 2. The topological polar surface area (TPSA) is 118 Å². The van der Waals surface area contributed by atoms with Crippen LogP contribution in [0.25, 0.3) is 4.13 Å². The van der Waals surface area contributed by atoms with Gasteiger partial charge in [-0.2, -0.15) is 39.5 Å². The molecule has 0 radical (unpaired) electrons. The van der Waals surface area contributed by atoms with E-state index in [1.165, 1.54) is 30.3 Å². The normalized spacial score (nSPS) is 12.9. The summed E-state index contributed by atoms with van der Waals surface area (Å²) in [6, 6.07) is 16.1. The molecule has 0 saturated carbocycles. The standard InChI is InChI=1S/C27H18F9N4O4S2/c28-25(29,30)16-3-1-5-19(11-16)38-22-13-21(14-23(15-22)39-20-6-2-4-17(12-20)26(31,32)33)37-18-7-9-24(10-8-18)45(41,42)40-46(43,44)27(34,35)36/h1-15,37-39H/q-1. The molecule has 0 amide bonds. The van der Waals surface area contributed by atoms with E-state index in [9.17, 15) is 56.3 Å². The molecule has 3 N–H and O–H groups in total. The first-order valence-electron chi connectivity index (χ1n) is 12.3. The van der Waals surface area contributed by atoms with Crippen molar-refractivity contribution in [2.45, 2.75) is 22.8 Å². The van der Waals surface area contributed by atoms with E-state index in [2.05, 4.69) is 16.0 Å². The Morgan fingerprint density at radius 1 is 0.478 bits per heavy atom. The van der Waals surface area contributed by atoms with Gasteiger partial charge in [-0.15, -0.1) is 0 Å². The number of nitrogens with zero attached hydrogens (tertiary/aromatic N) is 1. The van der Waals surface area contributed by atoms with Gasteiger partial charge in [0.1, 0.15) is 10.0 Å². The molecule has 4 rings (SSSR count). The average molecular weight is 698 g/mol. The van der Waals surface area contributed by atoms with Crippen molar-refractivity contribution in [3.05, 3.63) is 106 Å². The van der Waals surface area contributed by atoms with Crippen LogP contribution in [0.1, 0.15) is 11.1 Å². The number of nitrogens with one attached hydrogen (secondary N) is 3. The van der Waals surface area contributed by atoms with Gasteiger partial charge >= 0.3 is 17.9 Å². The molecule has 4 aromatic rings. The fourth-order valence-electron chi connectivity index (χ4n) is 3.82. The maximum absolute atomic E-state index is 13.2. The summed E-state index contributed by atoms with van der Waals surface area (Å²) in [6.07, 6.45) is -9.30. The fraction of sp³-hybridized carbons (Fsp3) is 0.111. The van der Waals surface area contributed by atoms with Crippen molar-refractivity contribution in [1.82, 2.24) is 0 Å². The molecular weight excluding hydrogens is 679 g/mol. The maximum Gasteiger partial charge on any atom is 0.480 e. The predicted molar refractivity (Wildman–Crippen MR) is 151 cm³/mol. The zero-order valence-corrected chi connectivity index (χ0v) is 24.1. The highest BCUT2D eigenvalue weighted by atomic mass is 32.3. The van der Waals surface area contributed by atoms with Crippen LogP contribution in [-0.2, 0) is 32.4 Å². The number of hydrogen-bond donors (Lipinski definition) is 3. The van der Waals surface area contributed by atoms with Crippen LogP contribution >= 0.6 is 0 Å². The van der Waals surface area contributed by atoms with E-state index in [-0.39, 0.29) is 34.1 Å². The van der Waals surface area contributed by atoms with Crippen LogP contribution in [0.5, 0.6) is 0 Å². The molecule has 8 nitrogen and oxygen atoms in total. The molecule has 0 aromatic heterocycles. The second-order valence-corrected chi connectivity index (χ2v) is 12.8. The molecule has 0 heterocycles. The van der Waals surface area contributed by atoms with Crippen LogP contribution in [0, 0.1) is 0 Å². The first kappa shape index (κ1) is 34.4. The highest BCUT2D eigenvalue weighted by molar-refractivity contribution is 8.12. The second kappa shape index (κ2) is 12.4. The Morgan fingerprint density at radius 2 is 0.870 bits per heavy atom. The lowest BCUT2D eigenvalue weighted by molar-refractivity contribution is -0.138. The molecule has 0 fully saturated rings. The van der Waals surface area contributed by atoms with E-state index in [0.717, 1.165) is 60.7 Å². The SMILES string of the molecule is O=S(=O)([N-]S(=O)(=O)C(F)(F)F)c1ccc(Nc2cc(Nc3cccc(C(F)(F)F)c3)cc(Nc3cccc(C(F)(F)F)c3)c2)cc1. The number of hydrogen-bond acceptors (Lipinski definition) is 7. The first-order valence-corrected chi connectivity index (χ1v) is 15.2. The van der Waals surface area contributed by atoms with Crippen molar-refractivity contribution < 1.29 is 56.3 Å². The second-order valence-electron chi connectivity index (χ2n) is 9.33. The lowest BCUT2D eigenvalue weighted by Crippen LogP contribution is -2.24. The Morgan fingerprint density at radius 3 is 1.24 bits per heavy atom. The van der Waals surface area contributed by atoms with E-state index >= 15 is 0 Å². The number of rotatable bonds is 9. The summed E-state index contributed by atoms with van der Waals surface area (Å²) in [4.78, 5) is -0.891. The lowest BCUT2D eigenvalue weighted by atomic mass is 10.1. The zero-order chi connectivity index (χ0) is 34.1. The van der Waals surface area contributed by atoms with Gasteiger partial charge in [0.05, 0.1) is 11.1 Å². The van der Waals surface area contributed by atoms with E-state index in [1.807, 2.05) is 4.13 Å². The molecule has 0 saturated heterocycles. The smallest absolute Gasteiger partial charge is 0.424 e. The largest absolute Gasteiger partial charge is 0.480 e. The molecular formula is C27H18F9N4O4S2-. The Hall–Kier alpha value is -4.49. The van der Waals surface area contributed by atoms with Crippen LogP contribution in [0.15, 0.2) is 95.9 Å². The number of halogens is 9. The van der Waals surface area contributed by atoms with Crippen molar-refractivity contribution in [1.29, 1.82) is 0 Å². The summed E-state index contributed by atoms with van der Waals surface area (Å²) in [7, 11) is -11.7. The molecule has 0 aliphatic heterocycles. The number of alkyl halides is 9. The van der Waals surface area contributed by atoms with Crippen LogP contribution in [0.3, 0.4) is 0 Å². The summed E-state index contributed by atoms with van der Waals surface area (Å²) in [5.74, 6) is 0. The van der Waals surface area contributed by atoms with Crippen LogP contribution in [0.4, 0.5) is 73.6 Å². The van der Waals surface area contributed by atoms with Crippen molar-refractivity contribution >= 4 is 54.2 Å². The van der Waals surface area contributed by atoms with Crippen LogP contribution < -0.4 is 16.0 Å². The highest BCUT2D eigenvalue weighted by Gasteiger charge is 2.40. The van der Waals surface area contributed by atoms with Crippen LogP contribution in [-0.4, -0.2) is 22.3 Å². The molecule has 0 aliphatic rings. The molecule has 46 heavy (non-hydrogen) atoms. The third-order valence-electron chi connectivity index (χ3n) is 5.82. The van der Waals surface area contributed by atoms with E-state index in [0.29, 0.717) is 0 Å². The number of benzene rings is 4. The monoisotopic (exact) mass is 697 g/mol. The third kappa shape index (κ3) is 8.61. The van der Waals surface area contributed by atoms with Gasteiger partial charge in [-0.05, 0) is 78.9 Å². The summed E-state index contributed by atoms with van der Waals surface area (Å²) in [6.45, 7) is 0. The summed E-state index contributed by atoms with van der Waals surface area (Å²) in [5.41, 5.74) is -7.31. The molecule has 0 aliphatic carbocycles. The minimum atomic E-state index is -6.36. The van der Waals surface area contributed by atoms with Crippen LogP contribution in [0.2, 0.25) is 0 Å². The quantitative estimate of drug-likeness (QED) is 0.150. The molecule has 0 spiro atoms. The Kier molecular flexibility index (Phi) is 9.24. The van der Waals surface area contributed by atoms with Crippen molar-refractivity contribution in [2.75, 3.05) is 16.0 Å².